The van der Waals surface area contributed by atoms with E-state index in [1.165, 1.54) is 0 Å². The van der Waals surface area contributed by atoms with Gasteiger partial charge in [0.25, 0.3) is 0 Å². The van der Waals surface area contributed by atoms with Crippen LogP contribution >= 0.6 is 12.2 Å². The van der Waals surface area contributed by atoms with Gasteiger partial charge in [0.1, 0.15) is 18.3 Å². The average Bonchev–Trinajstić information content (AvgIpc) is 3.18. The molecule has 168 valence electrons. The van der Waals surface area contributed by atoms with Crippen molar-refractivity contribution in [2.24, 2.45) is 0 Å². The summed E-state index contributed by atoms with van der Waals surface area (Å²) in [5.74, 6) is -0.715. The average molecular weight is 439 g/mol. The number of anilines is 1. The first-order valence-corrected chi connectivity index (χ1v) is 11.2. The van der Waals surface area contributed by atoms with E-state index in [-0.39, 0.29) is 24.4 Å². The largest absolute Gasteiger partial charge is 0.379 e. The number of rotatable bonds is 10. The van der Waals surface area contributed by atoms with Gasteiger partial charge < -0.3 is 34.3 Å². The van der Waals surface area contributed by atoms with E-state index in [1.54, 1.807) is 0 Å². The highest BCUT2D eigenvalue weighted by atomic mass is 32.1. The van der Waals surface area contributed by atoms with Gasteiger partial charge in [0.15, 0.2) is 17.2 Å². The number of para-hydroxylation sites is 1. The summed E-state index contributed by atoms with van der Waals surface area (Å²) >= 11 is 5.58. The minimum absolute atomic E-state index is 0.243. The molecule has 2 fully saturated rings. The van der Waals surface area contributed by atoms with Crippen molar-refractivity contribution in [3.63, 3.8) is 0 Å². The first-order chi connectivity index (χ1) is 14.4. The van der Waals surface area contributed by atoms with Crippen LogP contribution in [0.15, 0.2) is 30.3 Å². The number of thiocarbonyl (C=S) groups is 1. The molecule has 2 aliphatic heterocycles. The minimum atomic E-state index is -0.715. The zero-order chi connectivity index (χ0) is 21.6. The van der Waals surface area contributed by atoms with Crippen LogP contribution < -0.4 is 10.6 Å². The second kappa shape index (κ2) is 10.8. The van der Waals surface area contributed by atoms with E-state index < -0.39 is 12.1 Å². The molecule has 1 aromatic rings. The smallest absolute Gasteiger partial charge is 0.189 e. The zero-order valence-electron chi connectivity index (χ0n) is 18.3. The Hall–Kier alpha value is -1.29. The fourth-order valence-corrected chi connectivity index (χ4v) is 3.96. The van der Waals surface area contributed by atoms with Gasteiger partial charge in [-0.15, -0.1) is 0 Å². The molecule has 2 heterocycles. The van der Waals surface area contributed by atoms with Crippen molar-refractivity contribution in [3.05, 3.63) is 30.3 Å². The lowest BCUT2D eigenvalue weighted by Crippen LogP contribution is -2.54. The molecular formula is C22H34N2O5S. The Balaban J connectivity index is 1.73. The van der Waals surface area contributed by atoms with Crippen LogP contribution in [0.25, 0.3) is 0 Å². The molecule has 0 unspecified atom stereocenters. The summed E-state index contributed by atoms with van der Waals surface area (Å²) in [4.78, 5) is 0. The fourth-order valence-electron chi connectivity index (χ4n) is 3.71. The molecule has 2 N–H and O–H groups in total. The van der Waals surface area contributed by atoms with Gasteiger partial charge in [0.2, 0.25) is 0 Å². The van der Waals surface area contributed by atoms with Crippen LogP contribution in [0.4, 0.5) is 5.69 Å². The van der Waals surface area contributed by atoms with Crippen molar-refractivity contribution in [2.75, 3.05) is 25.1 Å². The van der Waals surface area contributed by atoms with Gasteiger partial charge in [0, 0.05) is 18.9 Å². The van der Waals surface area contributed by atoms with Gasteiger partial charge in [-0.25, -0.2) is 0 Å². The molecule has 0 amide bonds. The maximum absolute atomic E-state index is 6.27. The number of benzene rings is 1. The van der Waals surface area contributed by atoms with E-state index in [1.807, 2.05) is 44.2 Å². The van der Waals surface area contributed by atoms with Crippen LogP contribution in [-0.2, 0) is 23.7 Å². The Morgan fingerprint density at radius 1 is 1.13 bits per heavy atom. The second-order valence-electron chi connectivity index (χ2n) is 8.04. The van der Waals surface area contributed by atoms with Crippen LogP contribution in [0.2, 0.25) is 0 Å². The van der Waals surface area contributed by atoms with E-state index in [9.17, 15) is 0 Å². The van der Waals surface area contributed by atoms with E-state index in [0.29, 0.717) is 24.9 Å². The van der Waals surface area contributed by atoms with Crippen LogP contribution in [-0.4, -0.2) is 61.4 Å². The topological polar surface area (TPSA) is 70.2 Å². The highest BCUT2D eigenvalue weighted by Gasteiger charge is 2.57. The molecule has 7 nitrogen and oxygen atoms in total. The second-order valence-corrected chi connectivity index (χ2v) is 8.45. The monoisotopic (exact) mass is 438 g/mol. The predicted octanol–water partition coefficient (Wildman–Crippen LogP) is 3.44. The van der Waals surface area contributed by atoms with Gasteiger partial charge in [-0.2, -0.15) is 0 Å². The molecule has 0 saturated carbocycles. The number of hydrogen-bond acceptors (Lipinski definition) is 6. The maximum Gasteiger partial charge on any atom is 0.189 e. The van der Waals surface area contributed by atoms with Crippen molar-refractivity contribution in [1.29, 1.82) is 0 Å². The molecule has 30 heavy (non-hydrogen) atoms. The third kappa shape index (κ3) is 6.12. The van der Waals surface area contributed by atoms with E-state index >= 15 is 0 Å². The van der Waals surface area contributed by atoms with Crippen molar-refractivity contribution < 1.29 is 23.7 Å². The summed E-state index contributed by atoms with van der Waals surface area (Å²) in [6, 6.07) is 9.56. The number of hydrogen-bond donors (Lipinski definition) is 2. The van der Waals surface area contributed by atoms with Crippen LogP contribution in [0, 0.1) is 0 Å². The van der Waals surface area contributed by atoms with Crippen molar-refractivity contribution >= 4 is 23.0 Å². The Morgan fingerprint density at radius 2 is 1.87 bits per heavy atom. The first-order valence-electron chi connectivity index (χ1n) is 10.8. The normalized spacial score (nSPS) is 28.1. The Labute approximate surface area is 184 Å². The van der Waals surface area contributed by atoms with Crippen molar-refractivity contribution in [1.82, 2.24) is 5.32 Å². The Kier molecular flexibility index (Phi) is 8.44. The van der Waals surface area contributed by atoms with Gasteiger partial charge in [-0.05, 0) is 51.0 Å². The van der Waals surface area contributed by atoms with E-state index in [4.69, 9.17) is 35.9 Å². The van der Waals surface area contributed by atoms with E-state index in [2.05, 4.69) is 24.5 Å². The summed E-state index contributed by atoms with van der Waals surface area (Å²) in [5, 5.41) is 7.11. The quantitative estimate of drug-likeness (QED) is 0.425. The lowest BCUT2D eigenvalue weighted by atomic mass is 10.0. The molecule has 2 aliphatic rings. The van der Waals surface area contributed by atoms with Crippen LogP contribution in [0.3, 0.4) is 0 Å². The van der Waals surface area contributed by atoms with E-state index in [0.717, 1.165) is 18.5 Å². The summed E-state index contributed by atoms with van der Waals surface area (Å²) in [6.45, 7) is 9.68. The molecule has 5 atom stereocenters. The molecule has 3 rings (SSSR count). The molecule has 0 spiro atoms. The highest BCUT2D eigenvalue weighted by Crippen LogP contribution is 2.39. The zero-order valence-corrected chi connectivity index (χ0v) is 19.1. The summed E-state index contributed by atoms with van der Waals surface area (Å²) < 4.78 is 30.3. The molecule has 0 aromatic heterocycles. The lowest BCUT2D eigenvalue weighted by Gasteiger charge is -2.32. The van der Waals surface area contributed by atoms with Crippen LogP contribution in [0.1, 0.15) is 40.5 Å². The molecule has 0 bridgehead atoms. The Bertz CT molecular complexity index is 675. The highest BCUT2D eigenvalue weighted by molar-refractivity contribution is 7.80. The van der Waals surface area contributed by atoms with Gasteiger partial charge in [-0.3, -0.25) is 0 Å². The van der Waals surface area contributed by atoms with Gasteiger partial charge in [0.05, 0.1) is 12.6 Å². The summed E-state index contributed by atoms with van der Waals surface area (Å²) in [6.07, 6.45) is 0.491. The number of nitrogens with one attached hydrogen (secondary N) is 2. The number of ether oxygens (including phenoxy) is 5. The Morgan fingerprint density at radius 3 is 2.57 bits per heavy atom. The fraction of sp³-hybridized carbons (Fsp3) is 0.682. The molecular weight excluding hydrogens is 404 g/mol. The third-order valence-corrected chi connectivity index (χ3v) is 5.17. The molecule has 2 saturated heterocycles. The first kappa shape index (κ1) is 23.4. The van der Waals surface area contributed by atoms with Crippen molar-refractivity contribution in [2.45, 2.75) is 77.0 Å². The lowest BCUT2D eigenvalue weighted by molar-refractivity contribution is -0.222. The minimum Gasteiger partial charge on any atom is -0.379 e. The SMILES string of the molecule is CCCOC[C@@H](OCCC)[C@H]1O[C@@H]2OC(C)(C)O[C@@H]2[C@H]1NC(=S)Nc1ccccc1. The molecule has 0 aliphatic carbocycles. The summed E-state index contributed by atoms with van der Waals surface area (Å²) in [5.41, 5.74) is 0.913. The molecule has 0 radical (unpaired) electrons. The predicted molar refractivity (Wildman–Crippen MR) is 119 cm³/mol. The summed E-state index contributed by atoms with van der Waals surface area (Å²) in [7, 11) is 0. The van der Waals surface area contributed by atoms with Gasteiger partial charge in [-0.1, -0.05) is 32.0 Å². The van der Waals surface area contributed by atoms with Crippen molar-refractivity contribution in [3.8, 4) is 0 Å². The van der Waals surface area contributed by atoms with Crippen LogP contribution in [0.5, 0.6) is 0 Å². The third-order valence-electron chi connectivity index (χ3n) is 4.95. The molecule has 8 heteroatoms. The maximum atomic E-state index is 6.27. The number of fused-ring (bicyclic) bond motifs is 1. The standard InChI is InChI=1S/C22H34N2O5S/c1-5-12-25-14-16(26-13-6-2)18-17(19-20(27-18)29-22(3,4)28-19)24-21(30)23-15-10-8-7-9-11-15/h7-11,16-20H,5-6,12-14H2,1-4H3,(H2,23,24,30)/t16-,17+,18-,19-,20-/m1/s1. The van der Waals surface area contributed by atoms with Gasteiger partial charge >= 0.3 is 0 Å². The molecule has 1 aromatic carbocycles.